The van der Waals surface area contributed by atoms with Crippen molar-refractivity contribution in [2.75, 3.05) is 13.1 Å². The first-order chi connectivity index (χ1) is 12.5. The van der Waals surface area contributed by atoms with Gasteiger partial charge in [-0.05, 0) is 61.4 Å². The SMILES string of the molecule is Cc1ccc(Cl)cc1C(=O)N1CCC(Cc2ccccc2C(=O)O)CC1. The molecule has 1 aliphatic heterocycles. The highest BCUT2D eigenvalue weighted by atomic mass is 35.5. The molecule has 2 aromatic carbocycles. The zero-order valence-corrected chi connectivity index (χ0v) is 15.5. The van der Waals surface area contributed by atoms with E-state index in [0.29, 0.717) is 35.2 Å². The zero-order chi connectivity index (χ0) is 18.7. The highest BCUT2D eigenvalue weighted by molar-refractivity contribution is 6.31. The van der Waals surface area contributed by atoms with Crippen LogP contribution in [0.3, 0.4) is 0 Å². The van der Waals surface area contributed by atoms with Crippen molar-refractivity contribution in [3.8, 4) is 0 Å². The number of hydrogen-bond donors (Lipinski definition) is 1. The van der Waals surface area contributed by atoms with Crippen LogP contribution in [0.2, 0.25) is 5.02 Å². The quantitative estimate of drug-likeness (QED) is 0.864. The van der Waals surface area contributed by atoms with Gasteiger partial charge < -0.3 is 10.0 Å². The molecule has 5 heteroatoms. The van der Waals surface area contributed by atoms with Crippen molar-refractivity contribution in [3.63, 3.8) is 0 Å². The summed E-state index contributed by atoms with van der Waals surface area (Å²) in [5.74, 6) is -0.473. The Bertz CT molecular complexity index is 826. The summed E-state index contributed by atoms with van der Waals surface area (Å²) < 4.78 is 0. The molecule has 0 saturated carbocycles. The fourth-order valence-corrected chi connectivity index (χ4v) is 3.73. The van der Waals surface area contributed by atoms with E-state index in [1.165, 1.54) is 0 Å². The van der Waals surface area contributed by atoms with Gasteiger partial charge in [0.05, 0.1) is 5.56 Å². The molecule has 1 heterocycles. The van der Waals surface area contributed by atoms with Crippen molar-refractivity contribution >= 4 is 23.5 Å². The van der Waals surface area contributed by atoms with Gasteiger partial charge in [-0.3, -0.25) is 4.79 Å². The molecule has 2 aromatic rings. The van der Waals surface area contributed by atoms with Crippen LogP contribution in [0.5, 0.6) is 0 Å². The summed E-state index contributed by atoms with van der Waals surface area (Å²) in [5.41, 5.74) is 2.83. The second kappa shape index (κ2) is 7.92. The molecule has 0 bridgehead atoms. The lowest BCUT2D eigenvalue weighted by molar-refractivity contribution is 0.0689. The Hall–Kier alpha value is -2.33. The van der Waals surface area contributed by atoms with Crippen LogP contribution in [0.15, 0.2) is 42.5 Å². The molecule has 1 fully saturated rings. The number of carbonyl (C=O) groups excluding carboxylic acids is 1. The van der Waals surface area contributed by atoms with Gasteiger partial charge in [-0.1, -0.05) is 35.9 Å². The first-order valence-electron chi connectivity index (χ1n) is 8.82. The maximum Gasteiger partial charge on any atom is 0.335 e. The van der Waals surface area contributed by atoms with E-state index < -0.39 is 5.97 Å². The number of piperidine rings is 1. The zero-order valence-electron chi connectivity index (χ0n) is 14.7. The van der Waals surface area contributed by atoms with Crippen LogP contribution in [0, 0.1) is 12.8 Å². The largest absolute Gasteiger partial charge is 0.478 e. The Morgan fingerprint density at radius 3 is 2.50 bits per heavy atom. The summed E-state index contributed by atoms with van der Waals surface area (Å²) in [6.45, 7) is 3.29. The number of carboxylic acids is 1. The van der Waals surface area contributed by atoms with Gasteiger partial charge in [-0.25, -0.2) is 4.79 Å². The van der Waals surface area contributed by atoms with Gasteiger partial charge in [0.15, 0.2) is 0 Å². The van der Waals surface area contributed by atoms with E-state index >= 15 is 0 Å². The van der Waals surface area contributed by atoms with E-state index in [4.69, 9.17) is 11.6 Å². The molecule has 1 aliphatic rings. The second-order valence-corrected chi connectivity index (χ2v) is 7.30. The fraction of sp³-hybridized carbons (Fsp3) is 0.333. The van der Waals surface area contributed by atoms with Crippen LogP contribution < -0.4 is 0 Å². The Morgan fingerprint density at radius 2 is 1.81 bits per heavy atom. The standard InChI is InChI=1S/C21H22ClNO3/c1-14-6-7-17(22)13-19(14)20(24)23-10-8-15(9-11-23)12-16-4-2-3-5-18(16)21(25)26/h2-7,13,15H,8-12H2,1H3,(H,25,26). The summed E-state index contributed by atoms with van der Waals surface area (Å²) >= 11 is 6.03. The molecule has 0 aliphatic carbocycles. The first-order valence-corrected chi connectivity index (χ1v) is 9.20. The third kappa shape index (κ3) is 4.07. The maximum atomic E-state index is 12.8. The molecule has 0 spiro atoms. The van der Waals surface area contributed by atoms with E-state index in [2.05, 4.69) is 0 Å². The number of amides is 1. The molecule has 136 valence electrons. The molecule has 0 unspecified atom stereocenters. The molecule has 4 nitrogen and oxygen atoms in total. The monoisotopic (exact) mass is 371 g/mol. The smallest absolute Gasteiger partial charge is 0.335 e. The minimum absolute atomic E-state index is 0.0226. The molecule has 26 heavy (non-hydrogen) atoms. The summed E-state index contributed by atoms with van der Waals surface area (Å²) in [6.07, 6.45) is 2.49. The molecule has 3 rings (SSSR count). The Kier molecular flexibility index (Phi) is 5.62. The third-order valence-electron chi connectivity index (χ3n) is 5.09. The highest BCUT2D eigenvalue weighted by Crippen LogP contribution is 2.25. The maximum absolute atomic E-state index is 12.8. The van der Waals surface area contributed by atoms with E-state index in [1.54, 1.807) is 24.3 Å². The van der Waals surface area contributed by atoms with Crippen molar-refractivity contribution < 1.29 is 14.7 Å². The van der Waals surface area contributed by atoms with E-state index in [9.17, 15) is 14.7 Å². The lowest BCUT2D eigenvalue weighted by atomic mass is 9.88. The number of carbonyl (C=O) groups is 2. The van der Waals surface area contributed by atoms with Gasteiger partial charge in [0.1, 0.15) is 0 Å². The minimum Gasteiger partial charge on any atom is -0.478 e. The topological polar surface area (TPSA) is 57.6 Å². The molecule has 1 N–H and O–H groups in total. The first kappa shape index (κ1) is 18.5. The molecule has 0 atom stereocenters. The predicted octanol–water partition coefficient (Wildman–Crippen LogP) is 4.44. The fourth-order valence-electron chi connectivity index (χ4n) is 3.55. The van der Waals surface area contributed by atoms with Crippen molar-refractivity contribution in [3.05, 3.63) is 69.7 Å². The lowest BCUT2D eigenvalue weighted by Crippen LogP contribution is -2.39. The molecular formula is C21H22ClNO3. The van der Waals surface area contributed by atoms with Crippen LogP contribution in [0.25, 0.3) is 0 Å². The molecule has 1 amide bonds. The second-order valence-electron chi connectivity index (χ2n) is 6.86. The Morgan fingerprint density at radius 1 is 1.12 bits per heavy atom. The van der Waals surface area contributed by atoms with Crippen molar-refractivity contribution in [2.45, 2.75) is 26.2 Å². The average molecular weight is 372 g/mol. The van der Waals surface area contributed by atoms with Crippen molar-refractivity contribution in [1.82, 2.24) is 4.90 Å². The molecule has 1 saturated heterocycles. The van der Waals surface area contributed by atoms with Crippen LogP contribution >= 0.6 is 11.6 Å². The van der Waals surface area contributed by atoms with Crippen molar-refractivity contribution in [1.29, 1.82) is 0 Å². The van der Waals surface area contributed by atoms with Crippen LogP contribution in [-0.2, 0) is 6.42 Å². The number of aryl methyl sites for hydroxylation is 1. The molecular weight excluding hydrogens is 350 g/mol. The van der Waals surface area contributed by atoms with Crippen LogP contribution in [0.4, 0.5) is 0 Å². The number of carboxylic acid groups (broad SMARTS) is 1. The number of rotatable bonds is 4. The van der Waals surface area contributed by atoms with Gasteiger partial charge in [-0.2, -0.15) is 0 Å². The van der Waals surface area contributed by atoms with E-state index in [1.807, 2.05) is 30.0 Å². The van der Waals surface area contributed by atoms with Gasteiger partial charge in [0, 0.05) is 23.7 Å². The average Bonchev–Trinajstić information content (AvgIpc) is 2.64. The Balaban J connectivity index is 1.64. The number of benzene rings is 2. The van der Waals surface area contributed by atoms with Gasteiger partial charge in [-0.15, -0.1) is 0 Å². The van der Waals surface area contributed by atoms with Gasteiger partial charge >= 0.3 is 5.97 Å². The number of aromatic carboxylic acids is 1. The van der Waals surface area contributed by atoms with Crippen LogP contribution in [0.1, 0.15) is 44.7 Å². The van der Waals surface area contributed by atoms with Crippen molar-refractivity contribution in [2.24, 2.45) is 5.92 Å². The van der Waals surface area contributed by atoms with Gasteiger partial charge in [0.25, 0.3) is 5.91 Å². The van der Waals surface area contributed by atoms with E-state index in [-0.39, 0.29) is 5.91 Å². The number of likely N-dealkylation sites (tertiary alicyclic amines) is 1. The molecule has 0 aromatic heterocycles. The summed E-state index contributed by atoms with van der Waals surface area (Å²) in [7, 11) is 0. The van der Waals surface area contributed by atoms with E-state index in [0.717, 1.165) is 30.4 Å². The predicted molar refractivity (Wildman–Crippen MR) is 102 cm³/mol. The summed E-state index contributed by atoms with van der Waals surface area (Å²) in [6, 6.07) is 12.6. The summed E-state index contributed by atoms with van der Waals surface area (Å²) in [5, 5.41) is 9.89. The third-order valence-corrected chi connectivity index (χ3v) is 5.32. The molecule has 0 radical (unpaired) electrons. The number of hydrogen-bond acceptors (Lipinski definition) is 2. The minimum atomic E-state index is -0.885. The lowest BCUT2D eigenvalue weighted by Gasteiger charge is -2.32. The summed E-state index contributed by atoms with van der Waals surface area (Å²) in [4.78, 5) is 26.0. The van der Waals surface area contributed by atoms with Gasteiger partial charge in [0.2, 0.25) is 0 Å². The number of nitrogens with zero attached hydrogens (tertiary/aromatic N) is 1. The number of halogens is 1. The Labute approximate surface area is 158 Å². The highest BCUT2D eigenvalue weighted by Gasteiger charge is 2.25. The normalized spacial score (nSPS) is 15.1. The van der Waals surface area contributed by atoms with Crippen LogP contribution in [-0.4, -0.2) is 35.0 Å².